The van der Waals surface area contributed by atoms with Crippen molar-refractivity contribution in [2.24, 2.45) is 0 Å². The lowest BCUT2D eigenvalue weighted by Gasteiger charge is -2.36. The number of hydrogen-bond donors (Lipinski definition) is 1. The molecule has 1 aliphatic rings. The molecule has 3 rings (SSSR count). The van der Waals surface area contributed by atoms with Gasteiger partial charge in [-0.2, -0.15) is 0 Å². The number of piperazine rings is 1. The van der Waals surface area contributed by atoms with Crippen LogP contribution in [0.1, 0.15) is 17.2 Å². The molecule has 1 heterocycles. The largest absolute Gasteiger partial charge is 0.314 e. The highest BCUT2D eigenvalue weighted by atomic mass is 79.9. The Hall–Kier alpha value is -0.870. The van der Waals surface area contributed by atoms with Crippen molar-refractivity contribution in [1.82, 2.24) is 10.2 Å². The SMILES string of the molecule is Clc1cccc(C(c2ccccc2Br)N2CCNCC2)c1. The molecule has 110 valence electrons. The average molecular weight is 366 g/mol. The molecule has 2 nitrogen and oxygen atoms in total. The summed E-state index contributed by atoms with van der Waals surface area (Å²) in [5.74, 6) is 0. The quantitative estimate of drug-likeness (QED) is 0.881. The van der Waals surface area contributed by atoms with Gasteiger partial charge < -0.3 is 5.32 Å². The molecule has 0 aliphatic carbocycles. The van der Waals surface area contributed by atoms with Gasteiger partial charge in [-0.05, 0) is 29.3 Å². The molecule has 4 heteroatoms. The van der Waals surface area contributed by atoms with Crippen molar-refractivity contribution in [3.8, 4) is 0 Å². The number of nitrogens with zero attached hydrogens (tertiary/aromatic N) is 1. The zero-order valence-corrected chi connectivity index (χ0v) is 14.1. The number of rotatable bonds is 3. The third-order valence-corrected chi connectivity index (χ3v) is 4.84. The molecule has 0 radical (unpaired) electrons. The molecule has 1 unspecified atom stereocenters. The van der Waals surface area contributed by atoms with Crippen LogP contribution in [-0.4, -0.2) is 31.1 Å². The Kier molecular flexibility index (Phi) is 4.96. The molecular formula is C17H18BrClN2. The fourth-order valence-electron chi connectivity index (χ4n) is 2.90. The molecule has 1 fully saturated rings. The normalized spacial score (nSPS) is 17.6. The molecule has 0 amide bonds. The topological polar surface area (TPSA) is 15.3 Å². The zero-order chi connectivity index (χ0) is 14.7. The predicted molar refractivity (Wildman–Crippen MR) is 91.9 cm³/mol. The van der Waals surface area contributed by atoms with Crippen LogP contribution in [0.3, 0.4) is 0 Å². The van der Waals surface area contributed by atoms with E-state index in [-0.39, 0.29) is 6.04 Å². The van der Waals surface area contributed by atoms with Gasteiger partial charge >= 0.3 is 0 Å². The Morgan fingerprint density at radius 2 is 1.81 bits per heavy atom. The van der Waals surface area contributed by atoms with Crippen LogP contribution in [0, 0.1) is 0 Å². The van der Waals surface area contributed by atoms with E-state index in [0.29, 0.717) is 0 Å². The van der Waals surface area contributed by atoms with Crippen molar-refractivity contribution in [3.63, 3.8) is 0 Å². The first-order valence-corrected chi connectivity index (χ1v) is 8.37. The Bertz CT molecular complexity index is 611. The van der Waals surface area contributed by atoms with Crippen molar-refractivity contribution in [3.05, 3.63) is 69.2 Å². The van der Waals surface area contributed by atoms with Gasteiger partial charge in [0.25, 0.3) is 0 Å². The standard InChI is InChI=1S/C17H18BrClN2/c18-16-7-2-1-6-15(16)17(21-10-8-20-9-11-21)13-4-3-5-14(19)12-13/h1-7,12,17,20H,8-11H2. The molecule has 0 bridgehead atoms. The first-order valence-electron chi connectivity index (χ1n) is 7.20. The smallest absolute Gasteiger partial charge is 0.0614 e. The lowest BCUT2D eigenvalue weighted by atomic mass is 9.96. The van der Waals surface area contributed by atoms with E-state index in [4.69, 9.17) is 11.6 Å². The summed E-state index contributed by atoms with van der Waals surface area (Å²) in [5.41, 5.74) is 2.54. The highest BCUT2D eigenvalue weighted by molar-refractivity contribution is 9.10. The molecule has 1 N–H and O–H groups in total. The summed E-state index contributed by atoms with van der Waals surface area (Å²) in [7, 11) is 0. The van der Waals surface area contributed by atoms with Crippen LogP contribution >= 0.6 is 27.5 Å². The Labute approximate surface area is 139 Å². The third kappa shape index (κ3) is 3.49. The molecule has 2 aromatic carbocycles. The van der Waals surface area contributed by atoms with Crippen LogP contribution < -0.4 is 5.32 Å². The van der Waals surface area contributed by atoms with Gasteiger partial charge in [0, 0.05) is 35.7 Å². The van der Waals surface area contributed by atoms with E-state index < -0.39 is 0 Å². The van der Waals surface area contributed by atoms with Gasteiger partial charge in [-0.25, -0.2) is 0 Å². The summed E-state index contributed by atoms with van der Waals surface area (Å²) in [6.07, 6.45) is 0. The third-order valence-electron chi connectivity index (χ3n) is 3.88. The number of benzene rings is 2. The fourth-order valence-corrected chi connectivity index (χ4v) is 3.60. The van der Waals surface area contributed by atoms with Gasteiger partial charge in [0.2, 0.25) is 0 Å². The Morgan fingerprint density at radius 1 is 1.05 bits per heavy atom. The van der Waals surface area contributed by atoms with E-state index in [0.717, 1.165) is 35.7 Å². The molecule has 2 aromatic rings. The lowest BCUT2D eigenvalue weighted by Crippen LogP contribution is -2.45. The second kappa shape index (κ2) is 6.93. The summed E-state index contributed by atoms with van der Waals surface area (Å²) in [5, 5.41) is 4.21. The fraction of sp³-hybridized carbons (Fsp3) is 0.294. The minimum absolute atomic E-state index is 0.237. The van der Waals surface area contributed by atoms with Gasteiger partial charge in [0.1, 0.15) is 0 Å². The summed E-state index contributed by atoms with van der Waals surface area (Å²) >= 11 is 9.92. The maximum Gasteiger partial charge on any atom is 0.0614 e. The van der Waals surface area contributed by atoms with E-state index >= 15 is 0 Å². The van der Waals surface area contributed by atoms with Crippen LogP contribution in [0.2, 0.25) is 5.02 Å². The van der Waals surface area contributed by atoms with Crippen molar-refractivity contribution in [1.29, 1.82) is 0 Å². The number of hydrogen-bond acceptors (Lipinski definition) is 2. The summed E-state index contributed by atoms with van der Waals surface area (Å²) in [6, 6.07) is 16.9. The minimum atomic E-state index is 0.237. The first-order chi connectivity index (χ1) is 10.3. The monoisotopic (exact) mass is 364 g/mol. The van der Waals surface area contributed by atoms with Crippen LogP contribution in [0.4, 0.5) is 0 Å². The Balaban J connectivity index is 2.04. The van der Waals surface area contributed by atoms with E-state index in [1.165, 1.54) is 11.1 Å². The maximum absolute atomic E-state index is 6.21. The van der Waals surface area contributed by atoms with Crippen molar-refractivity contribution in [2.75, 3.05) is 26.2 Å². The molecular weight excluding hydrogens is 348 g/mol. The molecule has 0 saturated carbocycles. The summed E-state index contributed by atoms with van der Waals surface area (Å²) < 4.78 is 1.15. The minimum Gasteiger partial charge on any atom is -0.314 e. The first kappa shape index (κ1) is 15.0. The molecule has 0 aromatic heterocycles. The number of nitrogens with one attached hydrogen (secondary N) is 1. The van der Waals surface area contributed by atoms with Crippen LogP contribution in [0.25, 0.3) is 0 Å². The summed E-state index contributed by atoms with van der Waals surface area (Å²) in [6.45, 7) is 4.14. The van der Waals surface area contributed by atoms with E-state index in [9.17, 15) is 0 Å². The zero-order valence-electron chi connectivity index (χ0n) is 11.7. The van der Waals surface area contributed by atoms with Gasteiger partial charge in [-0.1, -0.05) is 57.9 Å². The van der Waals surface area contributed by atoms with Crippen molar-refractivity contribution < 1.29 is 0 Å². The van der Waals surface area contributed by atoms with E-state index in [2.05, 4.69) is 62.5 Å². The van der Waals surface area contributed by atoms with Crippen molar-refractivity contribution >= 4 is 27.5 Å². The highest BCUT2D eigenvalue weighted by Gasteiger charge is 2.25. The van der Waals surface area contributed by atoms with E-state index in [1.54, 1.807) is 0 Å². The molecule has 1 saturated heterocycles. The molecule has 21 heavy (non-hydrogen) atoms. The van der Waals surface area contributed by atoms with Crippen molar-refractivity contribution in [2.45, 2.75) is 6.04 Å². The Morgan fingerprint density at radius 3 is 2.52 bits per heavy atom. The maximum atomic E-state index is 6.21. The van der Waals surface area contributed by atoms with Crippen LogP contribution in [0.15, 0.2) is 53.0 Å². The second-order valence-corrected chi connectivity index (χ2v) is 6.56. The van der Waals surface area contributed by atoms with Gasteiger partial charge in [-0.15, -0.1) is 0 Å². The van der Waals surface area contributed by atoms with Gasteiger partial charge in [-0.3, -0.25) is 4.90 Å². The lowest BCUT2D eigenvalue weighted by molar-refractivity contribution is 0.198. The average Bonchev–Trinajstić information content (AvgIpc) is 2.51. The predicted octanol–water partition coefficient (Wildman–Crippen LogP) is 4.10. The molecule has 1 atom stereocenters. The number of halogens is 2. The highest BCUT2D eigenvalue weighted by Crippen LogP contribution is 2.34. The van der Waals surface area contributed by atoms with E-state index in [1.807, 2.05) is 12.1 Å². The second-order valence-electron chi connectivity index (χ2n) is 5.27. The molecule has 0 spiro atoms. The summed E-state index contributed by atoms with van der Waals surface area (Å²) in [4.78, 5) is 2.52. The van der Waals surface area contributed by atoms with Crippen LogP contribution in [0.5, 0.6) is 0 Å². The molecule has 1 aliphatic heterocycles. The van der Waals surface area contributed by atoms with Gasteiger partial charge in [0.15, 0.2) is 0 Å². The van der Waals surface area contributed by atoms with Gasteiger partial charge in [0.05, 0.1) is 6.04 Å². The van der Waals surface area contributed by atoms with Crippen LogP contribution in [-0.2, 0) is 0 Å².